The Hall–Kier alpha value is 0.270. The molecule has 0 bridgehead atoms. The predicted molar refractivity (Wildman–Crippen MR) is 77.0 cm³/mol. The van der Waals surface area contributed by atoms with E-state index in [0.717, 1.165) is 25.8 Å². The molecule has 0 saturated carbocycles. The molecule has 0 aliphatic rings. The van der Waals surface area contributed by atoms with Gasteiger partial charge in [0.2, 0.25) is 0 Å². The first-order valence-electron chi connectivity index (χ1n) is 6.84. The lowest BCUT2D eigenvalue weighted by atomic mass is 10.0. The highest BCUT2D eigenvalue weighted by molar-refractivity contribution is 7.80. The molecule has 0 heterocycles. The van der Waals surface area contributed by atoms with E-state index in [1.807, 2.05) is 0 Å². The summed E-state index contributed by atoms with van der Waals surface area (Å²) in [5.74, 6) is 0. The highest BCUT2D eigenvalue weighted by atomic mass is 32.1. The maximum atomic E-state index is 6.07. The molecule has 4 N–H and O–H groups in total. The third kappa shape index (κ3) is 10.8. The van der Waals surface area contributed by atoms with Crippen molar-refractivity contribution in [1.82, 2.24) is 0 Å². The van der Waals surface area contributed by atoms with Crippen LogP contribution in [0.25, 0.3) is 0 Å². The van der Waals surface area contributed by atoms with Gasteiger partial charge >= 0.3 is 0 Å². The van der Waals surface area contributed by atoms with Crippen LogP contribution in [-0.4, -0.2) is 17.8 Å². The number of hydrogen-bond acceptors (Lipinski definition) is 3. The summed E-state index contributed by atoms with van der Waals surface area (Å²) in [6.45, 7) is 3.02. The first-order valence-corrected chi connectivity index (χ1v) is 7.36. The molecule has 0 fully saturated rings. The first kappa shape index (κ1) is 16.3. The van der Waals surface area contributed by atoms with Crippen LogP contribution in [0.2, 0.25) is 0 Å². The quantitative estimate of drug-likeness (QED) is 0.387. The lowest BCUT2D eigenvalue weighted by Gasteiger charge is -2.12. The van der Waals surface area contributed by atoms with E-state index in [1.54, 1.807) is 0 Å². The Morgan fingerprint density at radius 1 is 0.938 bits per heavy atom. The number of hydrogen-bond donors (Lipinski definition) is 3. The Kier molecular flexibility index (Phi) is 11.9. The van der Waals surface area contributed by atoms with Gasteiger partial charge in [0.15, 0.2) is 0 Å². The normalized spacial score (nSPS) is 15.0. The fourth-order valence-electron chi connectivity index (χ4n) is 1.87. The van der Waals surface area contributed by atoms with Gasteiger partial charge in [0.05, 0.1) is 0 Å². The summed E-state index contributed by atoms with van der Waals surface area (Å²) in [6, 6.07) is 0.398. The monoisotopic (exact) mass is 246 g/mol. The van der Waals surface area contributed by atoms with Crippen LogP contribution in [0.4, 0.5) is 0 Å². The molecular formula is C13H30N2S. The van der Waals surface area contributed by atoms with Gasteiger partial charge < -0.3 is 11.5 Å². The van der Waals surface area contributed by atoms with Crippen LogP contribution in [0.15, 0.2) is 0 Å². The van der Waals surface area contributed by atoms with Crippen molar-refractivity contribution in [3.63, 3.8) is 0 Å². The maximum absolute atomic E-state index is 6.07. The molecule has 0 aliphatic carbocycles. The van der Waals surface area contributed by atoms with E-state index in [0.29, 0.717) is 11.3 Å². The molecule has 16 heavy (non-hydrogen) atoms. The summed E-state index contributed by atoms with van der Waals surface area (Å²) in [4.78, 5) is 0. The fourth-order valence-corrected chi connectivity index (χ4v) is 2.05. The molecule has 2 nitrogen and oxygen atoms in total. The van der Waals surface area contributed by atoms with Crippen LogP contribution in [0.3, 0.4) is 0 Å². The topological polar surface area (TPSA) is 52.0 Å². The van der Waals surface area contributed by atoms with Crippen molar-refractivity contribution >= 4 is 12.6 Å². The SMILES string of the molecule is CCC(S)CCCC(N)CCCCCCN. The van der Waals surface area contributed by atoms with E-state index >= 15 is 0 Å². The standard InChI is InChI=1S/C13H30N2S/c1-2-13(16)10-7-9-12(15)8-5-3-4-6-11-14/h12-13,16H,2-11,14-15H2,1H3. The third-order valence-corrected chi connectivity index (χ3v) is 3.74. The fraction of sp³-hybridized carbons (Fsp3) is 1.00. The molecule has 2 atom stereocenters. The second-order valence-electron chi connectivity index (χ2n) is 4.74. The lowest BCUT2D eigenvalue weighted by Crippen LogP contribution is -2.19. The zero-order chi connectivity index (χ0) is 12.2. The lowest BCUT2D eigenvalue weighted by molar-refractivity contribution is 0.494. The number of rotatable bonds is 11. The average Bonchev–Trinajstić information content (AvgIpc) is 2.28. The van der Waals surface area contributed by atoms with Gasteiger partial charge in [0, 0.05) is 11.3 Å². The number of thiol groups is 1. The van der Waals surface area contributed by atoms with Crippen molar-refractivity contribution in [1.29, 1.82) is 0 Å². The van der Waals surface area contributed by atoms with Gasteiger partial charge in [0.1, 0.15) is 0 Å². The van der Waals surface area contributed by atoms with Crippen LogP contribution in [0, 0.1) is 0 Å². The summed E-state index contributed by atoms with van der Waals surface area (Å²) >= 11 is 4.49. The molecule has 0 aromatic carbocycles. The average molecular weight is 246 g/mol. The first-order chi connectivity index (χ1) is 7.70. The zero-order valence-corrected chi connectivity index (χ0v) is 11.7. The molecule has 0 saturated heterocycles. The van der Waals surface area contributed by atoms with E-state index < -0.39 is 0 Å². The molecule has 3 heteroatoms. The van der Waals surface area contributed by atoms with Crippen molar-refractivity contribution < 1.29 is 0 Å². The summed E-state index contributed by atoms with van der Waals surface area (Å²) in [7, 11) is 0. The molecular weight excluding hydrogens is 216 g/mol. The molecule has 2 unspecified atom stereocenters. The number of unbranched alkanes of at least 4 members (excludes halogenated alkanes) is 3. The Labute approximate surface area is 107 Å². The number of nitrogens with two attached hydrogens (primary N) is 2. The van der Waals surface area contributed by atoms with Crippen LogP contribution in [0.1, 0.15) is 64.7 Å². The van der Waals surface area contributed by atoms with E-state index in [4.69, 9.17) is 11.5 Å². The largest absolute Gasteiger partial charge is 0.330 e. The second-order valence-corrected chi connectivity index (χ2v) is 5.47. The van der Waals surface area contributed by atoms with Crippen molar-refractivity contribution in [3.8, 4) is 0 Å². The van der Waals surface area contributed by atoms with Crippen molar-refractivity contribution in [2.24, 2.45) is 11.5 Å². The molecule has 0 aromatic rings. The maximum Gasteiger partial charge on any atom is 0.00388 e. The molecule has 0 amide bonds. The molecule has 0 radical (unpaired) electrons. The molecule has 98 valence electrons. The Morgan fingerprint density at radius 2 is 1.56 bits per heavy atom. The van der Waals surface area contributed by atoms with Crippen molar-refractivity contribution in [2.75, 3.05) is 6.54 Å². The van der Waals surface area contributed by atoms with Gasteiger partial charge in [-0.3, -0.25) is 0 Å². The van der Waals surface area contributed by atoms with Gasteiger partial charge in [0.25, 0.3) is 0 Å². The van der Waals surface area contributed by atoms with E-state index in [9.17, 15) is 0 Å². The molecule has 0 aliphatic heterocycles. The molecule has 0 spiro atoms. The van der Waals surface area contributed by atoms with E-state index in [2.05, 4.69) is 19.6 Å². The minimum Gasteiger partial charge on any atom is -0.330 e. The Bertz CT molecular complexity index is 142. The highest BCUT2D eigenvalue weighted by Crippen LogP contribution is 2.13. The van der Waals surface area contributed by atoms with Crippen LogP contribution in [-0.2, 0) is 0 Å². The zero-order valence-electron chi connectivity index (χ0n) is 10.8. The van der Waals surface area contributed by atoms with Crippen molar-refractivity contribution in [3.05, 3.63) is 0 Å². The van der Waals surface area contributed by atoms with Gasteiger partial charge in [-0.25, -0.2) is 0 Å². The minimum atomic E-state index is 0.398. The summed E-state index contributed by atoms with van der Waals surface area (Å²) in [5, 5.41) is 0.566. The van der Waals surface area contributed by atoms with E-state index in [1.165, 1.54) is 38.5 Å². The van der Waals surface area contributed by atoms with Crippen LogP contribution in [0.5, 0.6) is 0 Å². The molecule has 0 rings (SSSR count). The van der Waals surface area contributed by atoms with Gasteiger partial charge in [-0.05, 0) is 38.6 Å². The van der Waals surface area contributed by atoms with Gasteiger partial charge in [-0.2, -0.15) is 12.6 Å². The van der Waals surface area contributed by atoms with Crippen molar-refractivity contribution in [2.45, 2.75) is 76.0 Å². The predicted octanol–water partition coefficient (Wildman–Crippen LogP) is 3.10. The molecule has 0 aromatic heterocycles. The second kappa shape index (κ2) is 11.7. The van der Waals surface area contributed by atoms with Gasteiger partial charge in [-0.1, -0.05) is 32.6 Å². The third-order valence-electron chi connectivity index (χ3n) is 3.11. The summed E-state index contributed by atoms with van der Waals surface area (Å²) < 4.78 is 0. The summed E-state index contributed by atoms with van der Waals surface area (Å²) in [5.41, 5.74) is 11.5. The smallest absolute Gasteiger partial charge is 0.00388 e. The highest BCUT2D eigenvalue weighted by Gasteiger charge is 2.04. The minimum absolute atomic E-state index is 0.398. The summed E-state index contributed by atoms with van der Waals surface area (Å²) in [6.07, 6.45) is 10.9. The Balaban J connectivity index is 3.21. The van der Waals surface area contributed by atoms with Gasteiger partial charge in [-0.15, -0.1) is 0 Å². The Morgan fingerprint density at radius 3 is 2.19 bits per heavy atom. The van der Waals surface area contributed by atoms with E-state index in [-0.39, 0.29) is 0 Å². The van der Waals surface area contributed by atoms with Crippen LogP contribution < -0.4 is 11.5 Å². The van der Waals surface area contributed by atoms with Crippen LogP contribution >= 0.6 is 12.6 Å².